The molecule has 0 unspecified atom stereocenters. The summed E-state index contributed by atoms with van der Waals surface area (Å²) in [5, 5.41) is 0. The maximum absolute atomic E-state index is 12.6. The number of H-pyrrole nitrogens is 1. The molecule has 0 atom stereocenters. The second-order valence-corrected chi connectivity index (χ2v) is 6.26. The van der Waals surface area contributed by atoms with Crippen molar-refractivity contribution in [3.8, 4) is 17.3 Å². The summed E-state index contributed by atoms with van der Waals surface area (Å²) in [4.78, 5) is 21.8. The van der Waals surface area contributed by atoms with E-state index in [1.807, 2.05) is 4.90 Å². The summed E-state index contributed by atoms with van der Waals surface area (Å²) in [5.41, 5.74) is 1.76. The number of ether oxygens (including phenoxy) is 1. The highest BCUT2D eigenvalue weighted by molar-refractivity contribution is 5.47. The van der Waals surface area contributed by atoms with Crippen LogP contribution in [0.2, 0.25) is 0 Å². The maximum Gasteiger partial charge on any atom is 0.387 e. The fourth-order valence-electron chi connectivity index (χ4n) is 3.23. The Hall–Kier alpha value is -3.00. The lowest BCUT2D eigenvalue weighted by atomic mass is 10.1. The van der Waals surface area contributed by atoms with Crippen molar-refractivity contribution in [3.05, 3.63) is 69.8 Å². The molecule has 0 spiro atoms. The number of para-hydroxylation sites is 1. The zero-order chi connectivity index (χ0) is 18.8. The van der Waals surface area contributed by atoms with Crippen LogP contribution in [-0.2, 0) is 19.5 Å². The van der Waals surface area contributed by atoms with Gasteiger partial charge in [0.1, 0.15) is 5.75 Å². The van der Waals surface area contributed by atoms with Crippen LogP contribution in [0, 0.1) is 0 Å². The highest BCUT2D eigenvalue weighted by Gasteiger charge is 2.23. The lowest BCUT2D eigenvalue weighted by Crippen LogP contribution is -2.35. The summed E-state index contributed by atoms with van der Waals surface area (Å²) in [7, 11) is 0. The number of nitrogens with one attached hydrogen (secondary N) is 1. The smallest absolute Gasteiger partial charge is 0.387 e. The zero-order valence-electron chi connectivity index (χ0n) is 14.3. The van der Waals surface area contributed by atoms with Gasteiger partial charge in [0.2, 0.25) is 0 Å². The fraction of sp³-hybridized carbons (Fsp3) is 0.263. The van der Waals surface area contributed by atoms with Gasteiger partial charge in [-0.2, -0.15) is 8.78 Å². The molecule has 8 heteroatoms. The van der Waals surface area contributed by atoms with E-state index in [1.165, 1.54) is 12.3 Å². The molecule has 1 aliphatic heterocycles. The van der Waals surface area contributed by atoms with Crippen molar-refractivity contribution in [1.29, 1.82) is 0 Å². The summed E-state index contributed by atoms with van der Waals surface area (Å²) >= 11 is 0. The zero-order valence-corrected chi connectivity index (χ0v) is 14.3. The molecule has 0 bridgehead atoms. The van der Waals surface area contributed by atoms with Gasteiger partial charge in [-0.05, 0) is 18.2 Å². The first-order chi connectivity index (χ1) is 13.1. The number of hydrogen-bond acceptors (Lipinski definition) is 5. The molecule has 3 aromatic rings. The Bertz CT molecular complexity index is 986. The van der Waals surface area contributed by atoms with Gasteiger partial charge < -0.3 is 14.1 Å². The van der Waals surface area contributed by atoms with Crippen LogP contribution >= 0.6 is 0 Å². The Kier molecular flexibility index (Phi) is 4.72. The highest BCUT2D eigenvalue weighted by atomic mass is 19.3. The van der Waals surface area contributed by atoms with Crippen LogP contribution < -0.4 is 10.3 Å². The molecule has 1 aromatic carbocycles. The van der Waals surface area contributed by atoms with E-state index >= 15 is 0 Å². The molecule has 3 heterocycles. The standard InChI is InChI=1S/C19H17F2N3O3/c20-19(21)27-15-5-2-1-4-12(15)10-24-8-7-14-13(11-24)18(25)23-17(22-14)16-6-3-9-26-16/h1-6,9,19H,7-8,10-11H2,(H,22,23,25). The molecule has 27 heavy (non-hydrogen) atoms. The van der Waals surface area contributed by atoms with Gasteiger partial charge in [-0.15, -0.1) is 0 Å². The molecule has 4 rings (SSSR count). The number of halogens is 2. The minimum atomic E-state index is -2.87. The first kappa shape index (κ1) is 17.4. The van der Waals surface area contributed by atoms with E-state index in [-0.39, 0.29) is 11.3 Å². The Morgan fingerprint density at radius 1 is 1.26 bits per heavy atom. The molecule has 6 nitrogen and oxygen atoms in total. The van der Waals surface area contributed by atoms with Crippen molar-refractivity contribution in [2.75, 3.05) is 6.54 Å². The number of rotatable bonds is 5. The van der Waals surface area contributed by atoms with Crippen molar-refractivity contribution in [2.24, 2.45) is 0 Å². The molecule has 140 valence electrons. The third-order valence-electron chi connectivity index (χ3n) is 4.48. The number of nitrogens with zero attached hydrogens (tertiary/aromatic N) is 2. The van der Waals surface area contributed by atoms with E-state index in [0.717, 1.165) is 5.69 Å². The molecule has 0 aliphatic carbocycles. The summed E-state index contributed by atoms with van der Waals surface area (Å²) in [6.45, 7) is -1.43. The van der Waals surface area contributed by atoms with E-state index in [9.17, 15) is 13.6 Å². The first-order valence-electron chi connectivity index (χ1n) is 8.51. The lowest BCUT2D eigenvalue weighted by Gasteiger charge is -2.28. The van der Waals surface area contributed by atoms with Gasteiger partial charge in [0, 0.05) is 31.6 Å². The van der Waals surface area contributed by atoms with E-state index < -0.39 is 6.61 Å². The van der Waals surface area contributed by atoms with Gasteiger partial charge in [0.25, 0.3) is 5.56 Å². The normalized spacial score (nSPS) is 14.3. The average molecular weight is 373 g/mol. The van der Waals surface area contributed by atoms with Crippen molar-refractivity contribution in [1.82, 2.24) is 14.9 Å². The van der Waals surface area contributed by atoms with Crippen LogP contribution in [0.4, 0.5) is 8.78 Å². The van der Waals surface area contributed by atoms with Gasteiger partial charge >= 0.3 is 6.61 Å². The largest absolute Gasteiger partial charge is 0.461 e. The van der Waals surface area contributed by atoms with Crippen molar-refractivity contribution in [2.45, 2.75) is 26.1 Å². The van der Waals surface area contributed by atoms with Crippen LogP contribution in [0.5, 0.6) is 5.75 Å². The number of aromatic amines is 1. The van der Waals surface area contributed by atoms with Crippen LogP contribution in [-0.4, -0.2) is 28.0 Å². The van der Waals surface area contributed by atoms with Gasteiger partial charge in [-0.1, -0.05) is 18.2 Å². The van der Waals surface area contributed by atoms with Gasteiger partial charge in [-0.25, -0.2) is 4.98 Å². The molecule has 0 amide bonds. The molecule has 2 aromatic heterocycles. The van der Waals surface area contributed by atoms with Crippen LogP contribution in [0.1, 0.15) is 16.8 Å². The molecule has 0 fully saturated rings. The van der Waals surface area contributed by atoms with Crippen LogP contribution in [0.25, 0.3) is 11.6 Å². The minimum Gasteiger partial charge on any atom is -0.461 e. The topological polar surface area (TPSA) is 71.4 Å². The predicted octanol–water partition coefficient (Wildman–Crippen LogP) is 3.19. The van der Waals surface area contributed by atoms with Crippen molar-refractivity contribution < 1.29 is 17.9 Å². The van der Waals surface area contributed by atoms with Crippen molar-refractivity contribution in [3.63, 3.8) is 0 Å². The summed E-state index contributed by atoms with van der Waals surface area (Å²) in [5.74, 6) is 1.07. The maximum atomic E-state index is 12.6. The monoisotopic (exact) mass is 373 g/mol. The van der Waals surface area contributed by atoms with Gasteiger partial charge in [0.15, 0.2) is 11.6 Å². The molecule has 1 aliphatic rings. The van der Waals surface area contributed by atoms with E-state index in [2.05, 4.69) is 14.7 Å². The fourth-order valence-corrected chi connectivity index (χ4v) is 3.23. The number of alkyl halides is 2. The number of furan rings is 1. The average Bonchev–Trinajstić information content (AvgIpc) is 3.18. The molecule has 0 saturated heterocycles. The molecule has 1 N–H and O–H groups in total. The number of aromatic nitrogens is 2. The Morgan fingerprint density at radius 3 is 2.89 bits per heavy atom. The second kappa shape index (κ2) is 7.32. The number of benzene rings is 1. The Morgan fingerprint density at radius 2 is 2.11 bits per heavy atom. The Balaban J connectivity index is 1.55. The van der Waals surface area contributed by atoms with Crippen LogP contribution in [0.3, 0.4) is 0 Å². The molecule has 0 radical (unpaired) electrons. The number of hydrogen-bond donors (Lipinski definition) is 1. The third-order valence-corrected chi connectivity index (χ3v) is 4.48. The van der Waals surface area contributed by atoms with E-state index in [1.54, 1.807) is 30.3 Å². The highest BCUT2D eigenvalue weighted by Crippen LogP contribution is 2.25. The molecule has 0 saturated carbocycles. The van der Waals surface area contributed by atoms with E-state index in [4.69, 9.17) is 4.42 Å². The van der Waals surface area contributed by atoms with Gasteiger partial charge in [-0.3, -0.25) is 9.69 Å². The predicted molar refractivity (Wildman–Crippen MR) is 93.5 cm³/mol. The minimum absolute atomic E-state index is 0.151. The summed E-state index contributed by atoms with van der Waals surface area (Å²) in [6.07, 6.45) is 2.11. The summed E-state index contributed by atoms with van der Waals surface area (Å²) < 4.78 is 35.1. The summed E-state index contributed by atoms with van der Waals surface area (Å²) in [6, 6.07) is 10.2. The lowest BCUT2D eigenvalue weighted by molar-refractivity contribution is -0.0508. The van der Waals surface area contributed by atoms with Crippen LogP contribution in [0.15, 0.2) is 51.9 Å². The van der Waals surface area contributed by atoms with E-state index in [0.29, 0.717) is 48.8 Å². The quantitative estimate of drug-likeness (QED) is 0.744. The second-order valence-electron chi connectivity index (χ2n) is 6.26. The molecular weight excluding hydrogens is 356 g/mol. The first-order valence-corrected chi connectivity index (χ1v) is 8.51. The Labute approximate surface area is 153 Å². The van der Waals surface area contributed by atoms with Crippen molar-refractivity contribution >= 4 is 0 Å². The SMILES string of the molecule is O=c1[nH]c(-c2ccco2)nc2c1CN(Cc1ccccc1OC(F)F)CC2. The number of fused-ring (bicyclic) bond motifs is 1. The van der Waals surface area contributed by atoms with Gasteiger partial charge in [0.05, 0.1) is 17.5 Å². The molecular formula is C19H17F2N3O3. The third kappa shape index (κ3) is 3.75.